The molecular formula is C18H29N3O3S. The van der Waals surface area contributed by atoms with Crippen molar-refractivity contribution in [3.8, 4) is 0 Å². The average molecular weight is 368 g/mol. The van der Waals surface area contributed by atoms with E-state index in [0.29, 0.717) is 18.0 Å². The summed E-state index contributed by atoms with van der Waals surface area (Å²) in [6.07, 6.45) is 0. The van der Waals surface area contributed by atoms with E-state index in [1.165, 1.54) is 0 Å². The van der Waals surface area contributed by atoms with E-state index in [2.05, 4.69) is 9.62 Å². The fourth-order valence-corrected chi connectivity index (χ4v) is 3.25. The number of carbonyl (C=O) groups is 2. The van der Waals surface area contributed by atoms with E-state index < -0.39 is 11.0 Å². The molecule has 1 aliphatic rings. The first-order valence-electron chi connectivity index (χ1n) is 8.71. The molecule has 1 atom stereocenters. The van der Waals surface area contributed by atoms with Gasteiger partial charge in [0.25, 0.3) is 0 Å². The van der Waals surface area contributed by atoms with Crippen molar-refractivity contribution in [1.82, 2.24) is 9.62 Å². The molecule has 0 spiro atoms. The summed E-state index contributed by atoms with van der Waals surface area (Å²) in [6.45, 7) is 12.1. The Morgan fingerprint density at radius 2 is 1.56 bits per heavy atom. The van der Waals surface area contributed by atoms with Gasteiger partial charge in [0.1, 0.15) is 0 Å². The molecule has 0 aromatic heterocycles. The van der Waals surface area contributed by atoms with Crippen molar-refractivity contribution >= 4 is 28.5 Å². The maximum atomic E-state index is 12.1. The lowest BCUT2D eigenvalue weighted by Gasteiger charge is -2.35. The number of piperazine rings is 1. The normalized spacial score (nSPS) is 15.3. The van der Waals surface area contributed by atoms with Crippen LogP contribution in [0.2, 0.25) is 0 Å². The third-order valence-corrected chi connectivity index (χ3v) is 4.95. The van der Waals surface area contributed by atoms with Crippen molar-refractivity contribution in [3.05, 3.63) is 24.3 Å². The van der Waals surface area contributed by atoms with Gasteiger partial charge >= 0.3 is 0 Å². The summed E-state index contributed by atoms with van der Waals surface area (Å²) in [5.41, 5.74) is 1.03. The molecule has 140 valence electrons. The van der Waals surface area contributed by atoms with E-state index in [9.17, 15) is 13.8 Å². The highest BCUT2D eigenvalue weighted by Gasteiger charge is 2.19. The summed E-state index contributed by atoms with van der Waals surface area (Å²) >= 11 is 0. The molecule has 6 nitrogen and oxygen atoms in total. The van der Waals surface area contributed by atoms with Crippen molar-refractivity contribution in [1.29, 1.82) is 0 Å². The van der Waals surface area contributed by atoms with Crippen LogP contribution in [0.5, 0.6) is 0 Å². The van der Waals surface area contributed by atoms with E-state index in [4.69, 9.17) is 0 Å². The topological polar surface area (TPSA) is 69.7 Å². The molecule has 0 saturated carbocycles. The van der Waals surface area contributed by atoms with Gasteiger partial charge in [0.15, 0.2) is 11.0 Å². The zero-order valence-electron chi connectivity index (χ0n) is 15.7. The van der Waals surface area contributed by atoms with Gasteiger partial charge in [-0.15, -0.1) is 0 Å². The van der Waals surface area contributed by atoms with Gasteiger partial charge in [-0.05, 0) is 24.3 Å². The highest BCUT2D eigenvalue weighted by atomic mass is 32.2. The molecule has 1 aromatic carbocycles. The van der Waals surface area contributed by atoms with Gasteiger partial charge in [0, 0.05) is 44.7 Å². The number of amides is 2. The Kier molecular flexibility index (Phi) is 8.61. The van der Waals surface area contributed by atoms with Crippen molar-refractivity contribution in [2.45, 2.75) is 39.5 Å². The Morgan fingerprint density at radius 1 is 1.04 bits per heavy atom. The summed E-state index contributed by atoms with van der Waals surface area (Å²) in [7, 11) is -1.53. The van der Waals surface area contributed by atoms with E-state index in [0.717, 1.165) is 18.8 Å². The van der Waals surface area contributed by atoms with Crippen molar-refractivity contribution in [2.24, 2.45) is 5.92 Å². The van der Waals surface area contributed by atoms with Gasteiger partial charge in [-0.3, -0.25) is 14.3 Å². The Balaban J connectivity index is 0.00000151. The first kappa shape index (κ1) is 21.2. The predicted octanol–water partition coefficient (Wildman–Crippen LogP) is 2.18. The fraction of sp³-hybridized carbons (Fsp3) is 0.556. The summed E-state index contributed by atoms with van der Waals surface area (Å²) in [6, 6.07) is 7.34. The van der Waals surface area contributed by atoms with Crippen LogP contribution in [0.4, 0.5) is 5.69 Å². The zero-order chi connectivity index (χ0) is 19.0. The van der Waals surface area contributed by atoms with Gasteiger partial charge < -0.3 is 9.80 Å². The molecule has 25 heavy (non-hydrogen) atoms. The maximum absolute atomic E-state index is 12.1. The standard InChI is InChI=1S/C16H23N3O3S.C2H6/c1-12(2)16(21)17-23(22)15-6-4-14(5-7-15)19-10-8-18(9-11-19)13(3)20;1-2/h4-7,12H,8-11H2,1-3H3,(H,17,21);1-2H3. The number of anilines is 1. The fourth-order valence-electron chi connectivity index (χ4n) is 2.33. The molecule has 1 unspecified atom stereocenters. The third kappa shape index (κ3) is 6.16. The molecule has 1 saturated heterocycles. The molecule has 1 N–H and O–H groups in total. The minimum Gasteiger partial charge on any atom is -0.368 e. The molecule has 2 rings (SSSR count). The molecule has 7 heteroatoms. The Labute approximate surface area is 153 Å². The van der Waals surface area contributed by atoms with Crippen LogP contribution < -0.4 is 9.62 Å². The van der Waals surface area contributed by atoms with Crippen LogP contribution in [0.3, 0.4) is 0 Å². The third-order valence-electron chi connectivity index (χ3n) is 3.86. The largest absolute Gasteiger partial charge is 0.368 e. The lowest BCUT2D eigenvalue weighted by atomic mass is 10.2. The number of benzene rings is 1. The predicted molar refractivity (Wildman–Crippen MR) is 102 cm³/mol. The molecule has 1 aromatic rings. The maximum Gasteiger partial charge on any atom is 0.234 e. The molecule has 1 aliphatic heterocycles. The van der Waals surface area contributed by atoms with Crippen LogP contribution >= 0.6 is 0 Å². The first-order valence-corrected chi connectivity index (χ1v) is 9.86. The van der Waals surface area contributed by atoms with Crippen LogP contribution in [0.15, 0.2) is 29.2 Å². The monoisotopic (exact) mass is 367 g/mol. The Bertz CT molecular complexity index is 594. The van der Waals surface area contributed by atoms with E-state index in [1.54, 1.807) is 32.9 Å². The van der Waals surface area contributed by atoms with Crippen LogP contribution in [0.25, 0.3) is 0 Å². The number of hydrogen-bond donors (Lipinski definition) is 1. The van der Waals surface area contributed by atoms with Crippen LogP contribution in [-0.4, -0.2) is 47.1 Å². The summed E-state index contributed by atoms with van der Waals surface area (Å²) in [5, 5.41) is 0. The van der Waals surface area contributed by atoms with Gasteiger partial charge in [-0.25, -0.2) is 4.21 Å². The molecule has 1 heterocycles. The Hall–Kier alpha value is -1.89. The van der Waals surface area contributed by atoms with E-state index >= 15 is 0 Å². The lowest BCUT2D eigenvalue weighted by molar-refractivity contribution is -0.129. The minimum atomic E-state index is -1.53. The highest BCUT2D eigenvalue weighted by Crippen LogP contribution is 2.18. The smallest absolute Gasteiger partial charge is 0.234 e. The van der Waals surface area contributed by atoms with Crippen molar-refractivity contribution in [2.75, 3.05) is 31.1 Å². The number of rotatable bonds is 4. The van der Waals surface area contributed by atoms with Gasteiger partial charge in [-0.1, -0.05) is 27.7 Å². The molecule has 2 amide bonds. The number of nitrogens with one attached hydrogen (secondary N) is 1. The zero-order valence-corrected chi connectivity index (χ0v) is 16.6. The number of nitrogens with zero attached hydrogens (tertiary/aromatic N) is 2. The molecule has 1 fully saturated rings. The summed E-state index contributed by atoms with van der Waals surface area (Å²) < 4.78 is 14.6. The van der Waals surface area contributed by atoms with Crippen molar-refractivity contribution in [3.63, 3.8) is 0 Å². The molecular weight excluding hydrogens is 338 g/mol. The second-order valence-corrected chi connectivity index (χ2v) is 7.09. The van der Waals surface area contributed by atoms with Crippen LogP contribution in [0, 0.1) is 5.92 Å². The van der Waals surface area contributed by atoms with Crippen LogP contribution in [0.1, 0.15) is 34.6 Å². The van der Waals surface area contributed by atoms with Gasteiger partial charge in [-0.2, -0.15) is 0 Å². The Morgan fingerprint density at radius 3 is 2.00 bits per heavy atom. The molecule has 0 aliphatic carbocycles. The quantitative estimate of drug-likeness (QED) is 0.885. The van der Waals surface area contributed by atoms with Gasteiger partial charge in [0.2, 0.25) is 11.8 Å². The van der Waals surface area contributed by atoms with Crippen molar-refractivity contribution < 1.29 is 13.8 Å². The number of carbonyl (C=O) groups excluding carboxylic acids is 2. The highest BCUT2D eigenvalue weighted by molar-refractivity contribution is 7.83. The lowest BCUT2D eigenvalue weighted by Crippen LogP contribution is -2.48. The summed E-state index contributed by atoms with van der Waals surface area (Å²) in [5.74, 6) is -0.320. The summed E-state index contributed by atoms with van der Waals surface area (Å²) in [4.78, 5) is 27.5. The minimum absolute atomic E-state index is 0.108. The SMILES string of the molecule is CC.CC(=O)N1CCN(c2ccc(S(=O)NC(=O)C(C)C)cc2)CC1. The average Bonchev–Trinajstić information content (AvgIpc) is 2.63. The first-order chi connectivity index (χ1) is 11.9. The van der Waals surface area contributed by atoms with Gasteiger partial charge in [0.05, 0.1) is 4.90 Å². The van der Waals surface area contributed by atoms with E-state index in [1.807, 2.05) is 30.9 Å². The second-order valence-electron chi connectivity index (χ2n) is 5.88. The van der Waals surface area contributed by atoms with Crippen LogP contribution in [-0.2, 0) is 20.6 Å². The molecule has 0 bridgehead atoms. The second kappa shape index (κ2) is 10.2. The van der Waals surface area contributed by atoms with E-state index in [-0.39, 0.29) is 17.7 Å². The molecule has 0 radical (unpaired) electrons. The number of hydrogen-bond acceptors (Lipinski definition) is 4.